The Kier molecular flexibility index (Phi) is 3.34. The fraction of sp³-hybridized carbons (Fsp3) is 0.600. The van der Waals surface area contributed by atoms with Gasteiger partial charge < -0.3 is 4.90 Å². The van der Waals surface area contributed by atoms with Crippen molar-refractivity contribution in [3.05, 3.63) is 33.8 Å². The lowest BCUT2D eigenvalue weighted by atomic mass is 9.95. The summed E-state index contributed by atoms with van der Waals surface area (Å²) in [5, 5.41) is 1.36. The first-order valence-electron chi connectivity index (χ1n) is 6.83. The molecule has 2 atom stereocenters. The summed E-state index contributed by atoms with van der Waals surface area (Å²) in [5.41, 5.74) is 1.78. The topological polar surface area (TPSA) is 3.24 Å². The van der Waals surface area contributed by atoms with Crippen LogP contribution in [0, 0.1) is 5.92 Å². The molecule has 1 aromatic carbocycles. The van der Waals surface area contributed by atoms with Gasteiger partial charge in [0.15, 0.2) is 0 Å². The van der Waals surface area contributed by atoms with Gasteiger partial charge in [-0.2, -0.15) is 0 Å². The van der Waals surface area contributed by atoms with Crippen LogP contribution in [0.3, 0.4) is 0 Å². The monoisotopic (exact) mass is 283 g/mol. The second-order valence-electron chi connectivity index (χ2n) is 5.77. The lowest BCUT2D eigenvalue weighted by Gasteiger charge is -2.21. The van der Waals surface area contributed by atoms with E-state index in [9.17, 15) is 0 Å². The number of fused-ring (bicyclic) bond motifs is 1. The van der Waals surface area contributed by atoms with Gasteiger partial charge in [-0.3, -0.25) is 0 Å². The minimum atomic E-state index is 0.391. The van der Waals surface area contributed by atoms with Gasteiger partial charge in [-0.05, 0) is 43.0 Å². The molecule has 1 heterocycles. The molecule has 1 saturated carbocycles. The highest BCUT2D eigenvalue weighted by molar-refractivity contribution is 6.42. The van der Waals surface area contributed by atoms with Crippen molar-refractivity contribution < 1.29 is 0 Å². The van der Waals surface area contributed by atoms with Gasteiger partial charge in [-0.25, -0.2) is 0 Å². The summed E-state index contributed by atoms with van der Waals surface area (Å²) < 4.78 is 0. The standard InChI is InChI=1S/C15H19Cl2N/c1-2-3-6-18-9-12-8-15(12,10-18)11-4-5-13(16)14(17)7-11/h4-5,7,12H,2-3,6,8-10H2,1H3/t12-,15?/m0/s1. The second kappa shape index (κ2) is 4.70. The third-order valence-electron chi connectivity index (χ3n) is 4.54. The molecule has 3 rings (SSSR count). The maximum atomic E-state index is 6.15. The van der Waals surface area contributed by atoms with Gasteiger partial charge in [0.2, 0.25) is 0 Å². The Morgan fingerprint density at radius 1 is 1.33 bits per heavy atom. The van der Waals surface area contributed by atoms with Crippen LogP contribution in [0.5, 0.6) is 0 Å². The number of nitrogens with zero attached hydrogens (tertiary/aromatic N) is 1. The number of hydrogen-bond acceptors (Lipinski definition) is 1. The van der Waals surface area contributed by atoms with E-state index >= 15 is 0 Å². The zero-order valence-corrected chi connectivity index (χ0v) is 12.3. The molecule has 1 saturated heterocycles. The van der Waals surface area contributed by atoms with E-state index in [0.29, 0.717) is 15.5 Å². The number of hydrogen-bond donors (Lipinski definition) is 0. The Hall–Kier alpha value is -0.240. The molecule has 18 heavy (non-hydrogen) atoms. The molecule has 2 aliphatic rings. The second-order valence-corrected chi connectivity index (χ2v) is 6.59. The number of benzene rings is 1. The van der Waals surface area contributed by atoms with Crippen LogP contribution in [-0.2, 0) is 5.41 Å². The maximum Gasteiger partial charge on any atom is 0.0595 e. The minimum Gasteiger partial charge on any atom is -0.302 e. The van der Waals surface area contributed by atoms with E-state index in [-0.39, 0.29) is 0 Å². The van der Waals surface area contributed by atoms with Gasteiger partial charge in [0, 0.05) is 18.5 Å². The van der Waals surface area contributed by atoms with Crippen LogP contribution >= 0.6 is 23.2 Å². The molecule has 0 radical (unpaired) electrons. The predicted molar refractivity (Wildman–Crippen MR) is 77.6 cm³/mol. The van der Waals surface area contributed by atoms with Crippen molar-refractivity contribution in [2.24, 2.45) is 5.92 Å². The highest BCUT2D eigenvalue weighted by Gasteiger charge is 2.60. The highest BCUT2D eigenvalue weighted by atomic mass is 35.5. The largest absolute Gasteiger partial charge is 0.302 e. The van der Waals surface area contributed by atoms with Crippen LogP contribution in [0.15, 0.2) is 18.2 Å². The molecule has 1 unspecified atom stereocenters. The van der Waals surface area contributed by atoms with E-state index in [4.69, 9.17) is 23.2 Å². The Bertz CT molecular complexity index is 460. The summed E-state index contributed by atoms with van der Waals surface area (Å²) in [5.74, 6) is 0.839. The summed E-state index contributed by atoms with van der Waals surface area (Å²) in [6.07, 6.45) is 3.92. The summed E-state index contributed by atoms with van der Waals surface area (Å²) in [6, 6.07) is 6.18. The van der Waals surface area contributed by atoms with Crippen molar-refractivity contribution in [3.8, 4) is 0 Å². The van der Waals surface area contributed by atoms with E-state index in [1.54, 1.807) is 0 Å². The lowest BCUT2D eigenvalue weighted by molar-refractivity contribution is 0.293. The first-order valence-corrected chi connectivity index (χ1v) is 7.59. The Morgan fingerprint density at radius 3 is 2.89 bits per heavy atom. The third-order valence-corrected chi connectivity index (χ3v) is 5.28. The number of unbranched alkanes of at least 4 members (excludes halogenated alkanes) is 1. The summed E-state index contributed by atoms with van der Waals surface area (Å²) in [4.78, 5) is 2.61. The summed E-state index contributed by atoms with van der Waals surface area (Å²) in [6.45, 7) is 5.97. The number of likely N-dealkylation sites (tertiary alicyclic amines) is 1. The van der Waals surface area contributed by atoms with E-state index in [0.717, 1.165) is 5.92 Å². The molecule has 0 spiro atoms. The van der Waals surface area contributed by atoms with Crippen LogP contribution in [0.4, 0.5) is 0 Å². The Labute approximate surface area is 119 Å². The van der Waals surface area contributed by atoms with E-state index in [1.807, 2.05) is 6.07 Å². The molecule has 0 N–H and O–H groups in total. The van der Waals surface area contributed by atoms with Gasteiger partial charge in [0.1, 0.15) is 0 Å². The fourth-order valence-electron chi connectivity index (χ4n) is 3.39. The van der Waals surface area contributed by atoms with E-state index in [1.165, 1.54) is 44.5 Å². The fourth-order valence-corrected chi connectivity index (χ4v) is 3.69. The Morgan fingerprint density at radius 2 is 2.17 bits per heavy atom. The van der Waals surface area contributed by atoms with Crippen LogP contribution in [-0.4, -0.2) is 24.5 Å². The van der Waals surface area contributed by atoms with Crippen molar-refractivity contribution in [2.75, 3.05) is 19.6 Å². The van der Waals surface area contributed by atoms with Crippen molar-refractivity contribution in [1.29, 1.82) is 0 Å². The van der Waals surface area contributed by atoms with E-state index in [2.05, 4.69) is 24.0 Å². The molecular weight excluding hydrogens is 265 g/mol. The smallest absolute Gasteiger partial charge is 0.0595 e. The minimum absolute atomic E-state index is 0.391. The number of halogens is 2. The van der Waals surface area contributed by atoms with E-state index < -0.39 is 0 Å². The van der Waals surface area contributed by atoms with Crippen molar-refractivity contribution in [3.63, 3.8) is 0 Å². The summed E-state index contributed by atoms with van der Waals surface area (Å²) >= 11 is 12.1. The first-order chi connectivity index (χ1) is 8.65. The highest BCUT2D eigenvalue weighted by Crippen LogP contribution is 2.59. The first kappa shape index (κ1) is 12.8. The van der Waals surface area contributed by atoms with Crippen molar-refractivity contribution in [1.82, 2.24) is 4.90 Å². The molecule has 1 aromatic rings. The Balaban J connectivity index is 1.75. The van der Waals surface area contributed by atoms with Gasteiger partial charge in [-0.1, -0.05) is 42.6 Å². The zero-order valence-electron chi connectivity index (χ0n) is 10.8. The molecule has 3 heteroatoms. The van der Waals surface area contributed by atoms with Gasteiger partial charge in [0.25, 0.3) is 0 Å². The molecule has 1 aliphatic heterocycles. The zero-order chi connectivity index (χ0) is 12.8. The van der Waals surface area contributed by atoms with Crippen molar-refractivity contribution in [2.45, 2.75) is 31.6 Å². The number of piperidine rings is 1. The normalized spacial score (nSPS) is 30.5. The molecule has 2 fully saturated rings. The molecule has 98 valence electrons. The lowest BCUT2D eigenvalue weighted by Crippen LogP contribution is -2.27. The molecule has 1 aliphatic carbocycles. The number of rotatable bonds is 4. The molecule has 0 amide bonds. The predicted octanol–water partition coefficient (Wildman–Crippen LogP) is 4.37. The summed E-state index contributed by atoms with van der Waals surface area (Å²) in [7, 11) is 0. The van der Waals surface area contributed by atoms with Gasteiger partial charge in [0.05, 0.1) is 10.0 Å². The molecule has 0 aromatic heterocycles. The van der Waals surface area contributed by atoms with Crippen LogP contribution in [0.25, 0.3) is 0 Å². The maximum absolute atomic E-state index is 6.15. The average Bonchev–Trinajstić information content (AvgIpc) is 2.93. The van der Waals surface area contributed by atoms with Crippen LogP contribution in [0.1, 0.15) is 31.7 Å². The quantitative estimate of drug-likeness (QED) is 0.793. The van der Waals surface area contributed by atoms with Gasteiger partial charge in [-0.15, -0.1) is 0 Å². The molecular formula is C15H19Cl2N. The van der Waals surface area contributed by atoms with Crippen LogP contribution < -0.4 is 0 Å². The molecule has 0 bridgehead atoms. The van der Waals surface area contributed by atoms with Gasteiger partial charge >= 0.3 is 0 Å². The molecule has 1 nitrogen and oxygen atoms in total. The SMILES string of the molecule is CCCCN1C[C@@H]2CC2(c2ccc(Cl)c(Cl)c2)C1. The van der Waals surface area contributed by atoms with Crippen LogP contribution in [0.2, 0.25) is 10.0 Å². The van der Waals surface area contributed by atoms with Crippen molar-refractivity contribution >= 4 is 23.2 Å². The average molecular weight is 284 g/mol. The third kappa shape index (κ3) is 2.07.